The van der Waals surface area contributed by atoms with Gasteiger partial charge < -0.3 is 15.5 Å². The molecule has 0 amide bonds. The number of fused-ring (bicyclic) bond motifs is 1. The van der Waals surface area contributed by atoms with Crippen LogP contribution in [0.1, 0.15) is 23.6 Å². The number of nitrogens with zero attached hydrogens (tertiary/aromatic N) is 1. The summed E-state index contributed by atoms with van der Waals surface area (Å²) in [5.41, 5.74) is 4.12. The minimum absolute atomic E-state index is 0.141. The van der Waals surface area contributed by atoms with Gasteiger partial charge in [-0.3, -0.25) is 0 Å². The van der Waals surface area contributed by atoms with Gasteiger partial charge in [0.2, 0.25) is 0 Å². The second-order valence-electron chi connectivity index (χ2n) is 6.02. The highest BCUT2D eigenvalue weighted by Crippen LogP contribution is 2.35. The van der Waals surface area contributed by atoms with Crippen molar-refractivity contribution in [2.24, 2.45) is 0 Å². The Hall–Kier alpha value is -2.37. The first-order valence-electron chi connectivity index (χ1n) is 7.98. The predicted octanol–water partition coefficient (Wildman–Crippen LogP) is 3.98. The molecule has 4 nitrogen and oxygen atoms in total. The molecular formula is C19H18N2O2S. The normalized spacial score (nSPS) is 19.7. The Kier molecular flexibility index (Phi) is 3.96. The van der Waals surface area contributed by atoms with Crippen LogP contribution in [0.5, 0.6) is 5.75 Å². The number of hydrogen-bond donors (Lipinski definition) is 3. The lowest BCUT2D eigenvalue weighted by Gasteiger charge is -2.30. The van der Waals surface area contributed by atoms with Crippen LogP contribution in [0, 0.1) is 0 Å². The first-order chi connectivity index (χ1) is 11.7. The molecule has 122 valence electrons. The second kappa shape index (κ2) is 6.26. The van der Waals surface area contributed by atoms with Crippen LogP contribution in [0.3, 0.4) is 0 Å². The fourth-order valence-electron chi connectivity index (χ4n) is 3.19. The van der Waals surface area contributed by atoms with Gasteiger partial charge in [-0.15, -0.1) is 11.3 Å². The molecule has 2 unspecified atom stereocenters. The monoisotopic (exact) mass is 338 g/mol. The number of phenols is 1. The highest BCUT2D eigenvalue weighted by molar-refractivity contribution is 7.14. The number of benzene rings is 2. The third-order valence-corrected chi connectivity index (χ3v) is 5.18. The highest BCUT2D eigenvalue weighted by atomic mass is 32.1. The van der Waals surface area contributed by atoms with Gasteiger partial charge in [-0.05, 0) is 36.1 Å². The molecule has 1 aliphatic rings. The van der Waals surface area contributed by atoms with Crippen molar-refractivity contribution in [2.75, 3.05) is 5.32 Å². The van der Waals surface area contributed by atoms with Crippen molar-refractivity contribution in [3.8, 4) is 17.0 Å². The first-order valence-corrected chi connectivity index (χ1v) is 8.86. The van der Waals surface area contributed by atoms with E-state index in [1.54, 1.807) is 18.2 Å². The van der Waals surface area contributed by atoms with Gasteiger partial charge in [-0.2, -0.15) is 0 Å². The molecule has 0 saturated carbocycles. The molecule has 0 bridgehead atoms. The summed E-state index contributed by atoms with van der Waals surface area (Å²) >= 11 is 1.51. The quantitative estimate of drug-likeness (QED) is 0.676. The summed E-state index contributed by atoms with van der Waals surface area (Å²) in [6.07, 6.45) is 1.23. The van der Waals surface area contributed by atoms with Crippen molar-refractivity contribution in [3.05, 3.63) is 65.0 Å². The molecule has 0 fully saturated rings. The van der Waals surface area contributed by atoms with Gasteiger partial charge in [-0.1, -0.05) is 36.4 Å². The summed E-state index contributed by atoms with van der Waals surface area (Å²) in [4.78, 5) is 4.61. The molecule has 0 aliphatic heterocycles. The molecular weight excluding hydrogens is 320 g/mol. The Bertz CT molecular complexity index is 862. The lowest BCUT2D eigenvalue weighted by molar-refractivity contribution is 0.135. The van der Waals surface area contributed by atoms with Crippen LogP contribution in [0.15, 0.2) is 53.9 Å². The summed E-state index contributed by atoms with van der Waals surface area (Å²) in [6, 6.07) is 15.2. The third kappa shape index (κ3) is 2.88. The maximum absolute atomic E-state index is 10.4. The van der Waals surface area contributed by atoms with Crippen molar-refractivity contribution >= 4 is 16.5 Å². The average Bonchev–Trinajstić information content (AvgIpc) is 3.06. The molecule has 0 spiro atoms. The van der Waals surface area contributed by atoms with E-state index < -0.39 is 6.10 Å². The lowest BCUT2D eigenvalue weighted by Crippen LogP contribution is -2.30. The van der Waals surface area contributed by atoms with Crippen molar-refractivity contribution < 1.29 is 10.2 Å². The fraction of sp³-hybridized carbons (Fsp3) is 0.211. The summed E-state index contributed by atoms with van der Waals surface area (Å²) in [5, 5.41) is 26.1. The maximum Gasteiger partial charge on any atom is 0.183 e. The number of rotatable bonds is 3. The van der Waals surface area contributed by atoms with E-state index in [0.717, 1.165) is 34.8 Å². The number of nitrogens with one attached hydrogen (secondary N) is 1. The molecule has 3 N–H and O–H groups in total. The maximum atomic E-state index is 10.4. The Balaban J connectivity index is 1.60. The molecule has 5 heteroatoms. The number of aliphatic hydroxyl groups is 1. The number of aromatic hydroxyl groups is 1. The van der Waals surface area contributed by atoms with Gasteiger partial charge in [0, 0.05) is 10.9 Å². The van der Waals surface area contributed by atoms with Crippen molar-refractivity contribution in [2.45, 2.75) is 25.0 Å². The van der Waals surface area contributed by atoms with Crippen LogP contribution in [0.25, 0.3) is 11.3 Å². The van der Waals surface area contributed by atoms with Crippen LogP contribution < -0.4 is 5.32 Å². The van der Waals surface area contributed by atoms with Crippen molar-refractivity contribution in [1.82, 2.24) is 4.98 Å². The first kappa shape index (κ1) is 15.2. The van der Waals surface area contributed by atoms with E-state index in [1.165, 1.54) is 16.9 Å². The van der Waals surface area contributed by atoms with Gasteiger partial charge in [0.15, 0.2) is 5.13 Å². The smallest absolute Gasteiger partial charge is 0.183 e. The van der Waals surface area contributed by atoms with Crippen LogP contribution in [-0.4, -0.2) is 21.3 Å². The van der Waals surface area contributed by atoms with E-state index in [2.05, 4.69) is 22.4 Å². The Morgan fingerprint density at radius 3 is 2.88 bits per heavy atom. The van der Waals surface area contributed by atoms with Gasteiger partial charge in [0.05, 0.1) is 17.8 Å². The van der Waals surface area contributed by atoms with E-state index >= 15 is 0 Å². The SMILES string of the molecule is Oc1cccc(-c2csc(NC3c4ccccc4CCC3O)n2)c1. The van der Waals surface area contributed by atoms with Crippen molar-refractivity contribution in [3.63, 3.8) is 0 Å². The molecule has 0 radical (unpaired) electrons. The summed E-state index contributed by atoms with van der Waals surface area (Å²) < 4.78 is 0. The Morgan fingerprint density at radius 1 is 1.12 bits per heavy atom. The zero-order valence-corrected chi connectivity index (χ0v) is 13.8. The number of hydrogen-bond acceptors (Lipinski definition) is 5. The van der Waals surface area contributed by atoms with Crippen LogP contribution in [0.4, 0.5) is 5.13 Å². The van der Waals surface area contributed by atoms with Crippen LogP contribution in [-0.2, 0) is 6.42 Å². The number of anilines is 1. The standard InChI is InChI=1S/C19H18N2O2S/c22-14-6-3-5-13(10-14)16-11-24-19(20-16)21-18-15-7-2-1-4-12(15)8-9-17(18)23/h1-7,10-11,17-18,22-23H,8-9H2,(H,20,21). The summed E-state index contributed by atoms with van der Waals surface area (Å²) in [5.74, 6) is 0.228. The zero-order valence-electron chi connectivity index (χ0n) is 13.0. The minimum atomic E-state index is -0.423. The van der Waals surface area contributed by atoms with Gasteiger partial charge in [0.25, 0.3) is 0 Å². The van der Waals surface area contributed by atoms with Gasteiger partial charge in [-0.25, -0.2) is 4.98 Å². The highest BCUT2D eigenvalue weighted by Gasteiger charge is 2.28. The summed E-state index contributed by atoms with van der Waals surface area (Å²) in [6.45, 7) is 0. The summed E-state index contributed by atoms with van der Waals surface area (Å²) in [7, 11) is 0. The van der Waals surface area contributed by atoms with Crippen LogP contribution >= 0.6 is 11.3 Å². The molecule has 24 heavy (non-hydrogen) atoms. The average molecular weight is 338 g/mol. The number of aryl methyl sites for hydroxylation is 1. The van der Waals surface area contributed by atoms with Gasteiger partial charge >= 0.3 is 0 Å². The van der Waals surface area contributed by atoms with Gasteiger partial charge in [0.1, 0.15) is 5.75 Å². The molecule has 0 saturated heterocycles. The third-order valence-electron chi connectivity index (χ3n) is 4.41. The number of aromatic nitrogens is 1. The topological polar surface area (TPSA) is 65.4 Å². The molecule has 3 aromatic rings. The number of thiazole rings is 1. The molecule has 4 rings (SSSR count). The largest absolute Gasteiger partial charge is 0.508 e. The van der Waals surface area contributed by atoms with E-state index in [0.29, 0.717) is 0 Å². The lowest BCUT2D eigenvalue weighted by atomic mass is 9.86. The molecule has 1 heterocycles. The second-order valence-corrected chi connectivity index (χ2v) is 6.87. The number of phenolic OH excluding ortho intramolecular Hbond substituents is 1. The minimum Gasteiger partial charge on any atom is -0.508 e. The van der Waals surface area contributed by atoms with Crippen LogP contribution in [0.2, 0.25) is 0 Å². The zero-order chi connectivity index (χ0) is 16.5. The fourth-order valence-corrected chi connectivity index (χ4v) is 3.95. The Morgan fingerprint density at radius 2 is 2.00 bits per heavy atom. The number of aliphatic hydroxyl groups excluding tert-OH is 1. The predicted molar refractivity (Wildman–Crippen MR) is 96.3 cm³/mol. The van der Waals surface area contributed by atoms with E-state index in [-0.39, 0.29) is 11.8 Å². The molecule has 2 atom stereocenters. The van der Waals surface area contributed by atoms with E-state index in [4.69, 9.17) is 0 Å². The molecule has 2 aromatic carbocycles. The Labute approximate surface area is 144 Å². The van der Waals surface area contributed by atoms with E-state index in [9.17, 15) is 10.2 Å². The van der Waals surface area contributed by atoms with E-state index in [1.807, 2.05) is 23.6 Å². The van der Waals surface area contributed by atoms with Crippen molar-refractivity contribution in [1.29, 1.82) is 0 Å². The molecule has 1 aliphatic carbocycles. The molecule has 1 aromatic heterocycles.